The molecule has 0 spiro atoms. The maximum atomic E-state index is 12.9. The molecule has 2 heterocycles. The van der Waals surface area contributed by atoms with Crippen LogP contribution in [0.5, 0.6) is 11.5 Å². The summed E-state index contributed by atoms with van der Waals surface area (Å²) in [6.07, 6.45) is -0.256. The molecule has 0 aromatic heterocycles. The van der Waals surface area contributed by atoms with Crippen molar-refractivity contribution in [3.8, 4) is 11.5 Å². The van der Waals surface area contributed by atoms with E-state index in [1.807, 2.05) is 0 Å². The minimum Gasteiger partial charge on any atom is -0.486 e. The van der Waals surface area contributed by atoms with Crippen molar-refractivity contribution in [3.05, 3.63) is 48.0 Å². The second kappa shape index (κ2) is 8.93. The molecule has 2 amide bonds. The summed E-state index contributed by atoms with van der Waals surface area (Å²) in [6, 6.07) is 11.8. The van der Waals surface area contributed by atoms with E-state index in [1.54, 1.807) is 56.3 Å². The molecule has 0 atom stereocenters. The minimum atomic E-state index is -1.16. The highest BCUT2D eigenvalue weighted by Crippen LogP contribution is 2.36. The Labute approximate surface area is 190 Å². The number of ether oxygens (including phenoxy) is 3. The van der Waals surface area contributed by atoms with E-state index in [-0.39, 0.29) is 24.5 Å². The molecule has 0 saturated heterocycles. The third-order valence-corrected chi connectivity index (χ3v) is 5.53. The summed E-state index contributed by atoms with van der Waals surface area (Å²) in [5.74, 6) is -0.736. The standard InChI is InChI=1S/C24H24N2O7/c1-24(2)23(30)25-16-5-3-4-6-17(16)26(24)21(28)14-33-22(29)10-8-18(27)15-7-9-19-20(13-15)32-12-11-31-19/h3-7,9,13H,8,10-12,14H2,1-2H3,(H,25,30). The van der Waals surface area contributed by atoms with Gasteiger partial charge in [0.2, 0.25) is 5.91 Å². The molecular formula is C24H24N2O7. The molecule has 2 aliphatic heterocycles. The van der Waals surface area contributed by atoms with Crippen LogP contribution in [0.15, 0.2) is 42.5 Å². The Morgan fingerprint density at radius 1 is 1.03 bits per heavy atom. The Hall–Kier alpha value is -3.88. The number of fused-ring (bicyclic) bond motifs is 2. The maximum absolute atomic E-state index is 12.9. The molecule has 0 fully saturated rings. The Balaban J connectivity index is 1.34. The number of para-hydroxylation sites is 2. The fourth-order valence-electron chi connectivity index (χ4n) is 3.75. The summed E-state index contributed by atoms with van der Waals surface area (Å²) in [4.78, 5) is 51.3. The van der Waals surface area contributed by atoms with Gasteiger partial charge >= 0.3 is 5.97 Å². The van der Waals surface area contributed by atoms with Gasteiger partial charge in [-0.15, -0.1) is 0 Å². The molecule has 9 nitrogen and oxygen atoms in total. The lowest BCUT2D eigenvalue weighted by atomic mass is 9.96. The van der Waals surface area contributed by atoms with Crippen LogP contribution in [0.2, 0.25) is 0 Å². The molecule has 0 bridgehead atoms. The van der Waals surface area contributed by atoms with Gasteiger partial charge in [0.1, 0.15) is 18.8 Å². The van der Waals surface area contributed by atoms with E-state index in [1.165, 1.54) is 4.90 Å². The zero-order chi connectivity index (χ0) is 23.6. The number of amides is 2. The number of carbonyl (C=O) groups is 4. The first kappa shape index (κ1) is 22.3. The fourth-order valence-corrected chi connectivity index (χ4v) is 3.75. The van der Waals surface area contributed by atoms with Crippen LogP contribution in [0.25, 0.3) is 0 Å². The molecule has 172 valence electrons. The molecule has 0 saturated carbocycles. The van der Waals surface area contributed by atoms with Crippen molar-refractivity contribution < 1.29 is 33.4 Å². The Morgan fingerprint density at radius 3 is 2.55 bits per heavy atom. The van der Waals surface area contributed by atoms with Gasteiger partial charge in [0.15, 0.2) is 23.9 Å². The molecule has 4 rings (SSSR count). The van der Waals surface area contributed by atoms with Crippen molar-refractivity contribution >= 4 is 34.9 Å². The van der Waals surface area contributed by atoms with Crippen LogP contribution < -0.4 is 19.7 Å². The highest BCUT2D eigenvalue weighted by Gasteiger charge is 2.43. The molecule has 2 aromatic rings. The number of rotatable bonds is 6. The van der Waals surface area contributed by atoms with E-state index in [0.717, 1.165) is 0 Å². The molecule has 0 unspecified atom stereocenters. The molecule has 9 heteroatoms. The van der Waals surface area contributed by atoms with Crippen LogP contribution in [0.1, 0.15) is 37.0 Å². The first-order valence-corrected chi connectivity index (χ1v) is 10.6. The van der Waals surface area contributed by atoms with Crippen LogP contribution in [0.4, 0.5) is 11.4 Å². The average Bonchev–Trinajstić information content (AvgIpc) is 2.81. The Bertz CT molecular complexity index is 1130. The van der Waals surface area contributed by atoms with Gasteiger partial charge in [-0.25, -0.2) is 0 Å². The predicted octanol–water partition coefficient (Wildman–Crippen LogP) is 2.73. The number of anilines is 2. The van der Waals surface area contributed by atoms with Crippen LogP contribution in [-0.4, -0.2) is 48.9 Å². The number of Topliss-reactive ketones (excluding diaryl/α,β-unsaturated/α-hetero) is 1. The topological polar surface area (TPSA) is 111 Å². The molecular weight excluding hydrogens is 428 g/mol. The Morgan fingerprint density at radius 2 is 1.76 bits per heavy atom. The van der Waals surface area contributed by atoms with Crippen molar-refractivity contribution in [3.63, 3.8) is 0 Å². The monoisotopic (exact) mass is 452 g/mol. The third kappa shape index (κ3) is 4.52. The second-order valence-electron chi connectivity index (χ2n) is 8.20. The molecule has 2 aliphatic rings. The normalized spacial score (nSPS) is 15.8. The minimum absolute atomic E-state index is 0.0763. The fraction of sp³-hybridized carbons (Fsp3) is 0.333. The number of hydrogen-bond acceptors (Lipinski definition) is 7. The zero-order valence-electron chi connectivity index (χ0n) is 18.4. The van der Waals surface area contributed by atoms with Gasteiger partial charge < -0.3 is 19.5 Å². The number of benzene rings is 2. The first-order chi connectivity index (χ1) is 15.8. The van der Waals surface area contributed by atoms with E-state index >= 15 is 0 Å². The van der Waals surface area contributed by atoms with Crippen LogP contribution in [0, 0.1) is 0 Å². The van der Waals surface area contributed by atoms with E-state index in [2.05, 4.69) is 5.32 Å². The lowest BCUT2D eigenvalue weighted by molar-refractivity contribution is -0.148. The first-order valence-electron chi connectivity index (χ1n) is 10.6. The second-order valence-corrected chi connectivity index (χ2v) is 8.20. The Kier molecular flexibility index (Phi) is 6.04. The smallest absolute Gasteiger partial charge is 0.306 e. The van der Waals surface area contributed by atoms with Crippen molar-refractivity contribution in [1.29, 1.82) is 0 Å². The summed E-state index contributed by atoms with van der Waals surface area (Å²) in [6.45, 7) is 3.55. The van der Waals surface area contributed by atoms with Crippen molar-refractivity contribution in [2.24, 2.45) is 0 Å². The zero-order valence-corrected chi connectivity index (χ0v) is 18.4. The number of nitrogens with one attached hydrogen (secondary N) is 1. The number of carbonyl (C=O) groups excluding carboxylic acids is 4. The van der Waals surface area contributed by atoms with Crippen LogP contribution in [-0.2, 0) is 19.1 Å². The molecule has 1 N–H and O–H groups in total. The molecule has 0 aliphatic carbocycles. The highest BCUT2D eigenvalue weighted by atomic mass is 16.6. The highest BCUT2D eigenvalue weighted by molar-refractivity contribution is 6.14. The number of hydrogen-bond donors (Lipinski definition) is 1. The summed E-state index contributed by atoms with van der Waals surface area (Å²) in [7, 11) is 0. The van der Waals surface area contributed by atoms with E-state index < -0.39 is 24.0 Å². The van der Waals surface area contributed by atoms with Crippen molar-refractivity contribution in [2.75, 3.05) is 30.0 Å². The van der Waals surface area contributed by atoms with Gasteiger partial charge in [-0.2, -0.15) is 0 Å². The van der Waals surface area contributed by atoms with Gasteiger partial charge in [-0.1, -0.05) is 12.1 Å². The summed E-state index contributed by atoms with van der Waals surface area (Å²) in [5, 5.41) is 2.77. The summed E-state index contributed by atoms with van der Waals surface area (Å²) >= 11 is 0. The van der Waals surface area contributed by atoms with Crippen molar-refractivity contribution in [1.82, 2.24) is 0 Å². The quantitative estimate of drug-likeness (QED) is 0.530. The lowest BCUT2D eigenvalue weighted by Gasteiger charge is -2.41. The van der Waals surface area contributed by atoms with Gasteiger partial charge in [0.05, 0.1) is 17.8 Å². The van der Waals surface area contributed by atoms with Gasteiger partial charge in [0, 0.05) is 12.0 Å². The SMILES string of the molecule is CC1(C)C(=O)Nc2ccccc2N1C(=O)COC(=O)CCC(=O)c1ccc2c(c1)OCCO2. The van der Waals surface area contributed by atoms with E-state index in [4.69, 9.17) is 14.2 Å². The average molecular weight is 452 g/mol. The predicted molar refractivity (Wildman–Crippen MR) is 119 cm³/mol. The van der Waals surface area contributed by atoms with Gasteiger partial charge in [-0.05, 0) is 44.2 Å². The van der Waals surface area contributed by atoms with Gasteiger partial charge in [-0.3, -0.25) is 24.1 Å². The summed E-state index contributed by atoms with van der Waals surface area (Å²) in [5.41, 5.74) is 0.274. The van der Waals surface area contributed by atoms with Crippen molar-refractivity contribution in [2.45, 2.75) is 32.2 Å². The van der Waals surface area contributed by atoms with E-state index in [0.29, 0.717) is 41.7 Å². The molecule has 33 heavy (non-hydrogen) atoms. The maximum Gasteiger partial charge on any atom is 0.306 e. The molecule has 0 radical (unpaired) electrons. The largest absolute Gasteiger partial charge is 0.486 e. The van der Waals surface area contributed by atoms with Gasteiger partial charge in [0.25, 0.3) is 5.91 Å². The molecule has 2 aromatic carbocycles. The summed E-state index contributed by atoms with van der Waals surface area (Å²) < 4.78 is 16.0. The van der Waals surface area contributed by atoms with Crippen LogP contribution in [0.3, 0.4) is 0 Å². The lowest BCUT2D eigenvalue weighted by Crippen LogP contribution is -2.59. The third-order valence-electron chi connectivity index (χ3n) is 5.53. The number of ketones is 1. The van der Waals surface area contributed by atoms with E-state index in [9.17, 15) is 19.2 Å². The van der Waals surface area contributed by atoms with Crippen LogP contribution >= 0.6 is 0 Å². The number of nitrogens with zero attached hydrogens (tertiary/aromatic N) is 1. The number of esters is 1.